The van der Waals surface area contributed by atoms with Gasteiger partial charge in [-0.3, -0.25) is 4.79 Å². The maximum Gasteiger partial charge on any atom is 0.227 e. The zero-order chi connectivity index (χ0) is 25.6. The summed E-state index contributed by atoms with van der Waals surface area (Å²) in [6.45, 7) is 10.6. The Morgan fingerprint density at radius 2 is 2.23 bits per heavy atom. The van der Waals surface area contributed by atoms with Crippen LogP contribution < -0.4 is 0 Å². The predicted octanol–water partition coefficient (Wildman–Crippen LogP) is 4.36. The molecule has 2 N–H and O–H groups in total. The fourth-order valence-electron chi connectivity index (χ4n) is 5.14. The number of hydrogen-bond donors (Lipinski definition) is 2. The number of ether oxygens (including phenoxy) is 1. The van der Waals surface area contributed by atoms with Crippen LogP contribution in [0.3, 0.4) is 0 Å². The molecule has 1 fully saturated rings. The average Bonchev–Trinajstić information content (AvgIpc) is 3.17. The number of likely N-dealkylation sites (tertiary alicyclic amines) is 1. The van der Waals surface area contributed by atoms with Crippen LogP contribution in [0.5, 0.6) is 5.75 Å². The Kier molecular flexibility index (Phi) is 9.59. The number of hydrogen-bond acceptors (Lipinski definition) is 5. The molecule has 0 saturated carbocycles. The van der Waals surface area contributed by atoms with Crippen LogP contribution in [0.4, 0.5) is 0 Å². The van der Waals surface area contributed by atoms with E-state index in [4.69, 9.17) is 16.3 Å². The molecule has 0 aromatic heterocycles. The maximum atomic E-state index is 13.5. The molecule has 1 saturated heterocycles. The number of aliphatic hydroxyl groups excluding tert-OH is 1. The second kappa shape index (κ2) is 12.2. The van der Waals surface area contributed by atoms with Gasteiger partial charge in [0, 0.05) is 24.7 Å². The first kappa shape index (κ1) is 27.5. The number of halogens is 1. The quantitative estimate of drug-likeness (QED) is 0.444. The Labute approximate surface area is 214 Å². The second-order valence-electron chi connectivity index (χ2n) is 9.63. The van der Waals surface area contributed by atoms with Crippen molar-refractivity contribution in [3.63, 3.8) is 0 Å². The van der Waals surface area contributed by atoms with Gasteiger partial charge in [0.1, 0.15) is 5.75 Å². The molecule has 35 heavy (non-hydrogen) atoms. The van der Waals surface area contributed by atoms with Gasteiger partial charge >= 0.3 is 0 Å². The van der Waals surface area contributed by atoms with Crippen LogP contribution >= 0.6 is 11.6 Å². The zero-order valence-electron chi connectivity index (χ0n) is 21.2. The number of amides is 1. The van der Waals surface area contributed by atoms with E-state index in [1.807, 2.05) is 26.1 Å². The number of carbonyl (C=O) groups is 1. The van der Waals surface area contributed by atoms with Crippen LogP contribution in [-0.2, 0) is 16.0 Å². The third-order valence-corrected chi connectivity index (χ3v) is 7.77. The van der Waals surface area contributed by atoms with E-state index in [-0.39, 0.29) is 35.8 Å². The molecule has 6 nitrogen and oxygen atoms in total. The first-order chi connectivity index (χ1) is 16.8. The minimum atomic E-state index is -0.363. The molecule has 1 aromatic rings. The molecule has 0 radical (unpaired) electrons. The van der Waals surface area contributed by atoms with Crippen molar-refractivity contribution in [2.75, 3.05) is 39.9 Å². The Morgan fingerprint density at radius 1 is 1.46 bits per heavy atom. The lowest BCUT2D eigenvalue weighted by Crippen LogP contribution is -2.56. The number of benzene rings is 1. The predicted molar refractivity (Wildman–Crippen MR) is 141 cm³/mol. The van der Waals surface area contributed by atoms with Crippen molar-refractivity contribution in [2.45, 2.75) is 51.2 Å². The van der Waals surface area contributed by atoms with E-state index in [9.17, 15) is 15.0 Å². The molecule has 0 bridgehead atoms. The molecule has 7 heteroatoms. The largest absolute Gasteiger partial charge is 0.508 e. The standard InChI is InChI=1S/C28H39ClN2O4/c1-5-8-25-20(6-2)19-35-28(25,7-3)12-14-30(4)17-22(27(34)31-13-11-23(31)18-32)15-21-16-24(33)9-10-26(21)29/h5-6,8-10,16,22-23,32-33H,2,7,11-15,17-19H2,1,3-4H3/b8-5-. The average molecular weight is 503 g/mol. The van der Waals surface area contributed by atoms with Gasteiger partial charge in [0.2, 0.25) is 5.91 Å². The SMILES string of the molecule is C=CC1=C(/C=C\C)C(CC)(CCN(C)CC(Cc2cc(O)ccc2Cl)C(=O)N2CCC2CO)OC1. The minimum absolute atomic E-state index is 0.0207. The number of rotatable bonds is 12. The first-order valence-electron chi connectivity index (χ1n) is 12.5. The van der Waals surface area contributed by atoms with Gasteiger partial charge in [-0.2, -0.15) is 0 Å². The van der Waals surface area contributed by atoms with Crippen LogP contribution in [0.25, 0.3) is 0 Å². The topological polar surface area (TPSA) is 73.2 Å². The molecule has 2 aliphatic rings. The number of phenols is 1. The first-order valence-corrected chi connectivity index (χ1v) is 12.9. The normalized spacial score (nSPS) is 23.3. The summed E-state index contributed by atoms with van der Waals surface area (Å²) in [6.07, 6.45) is 8.95. The maximum absolute atomic E-state index is 13.5. The Hall–Kier alpha value is -2.12. The van der Waals surface area contributed by atoms with Crippen LogP contribution in [0.1, 0.15) is 38.7 Å². The van der Waals surface area contributed by atoms with Gasteiger partial charge in [-0.1, -0.05) is 43.3 Å². The van der Waals surface area contributed by atoms with Gasteiger partial charge in [0.25, 0.3) is 0 Å². The van der Waals surface area contributed by atoms with Gasteiger partial charge in [-0.05, 0) is 74.6 Å². The summed E-state index contributed by atoms with van der Waals surface area (Å²) in [5.41, 5.74) is 2.71. The number of aliphatic hydroxyl groups is 1. The summed E-state index contributed by atoms with van der Waals surface area (Å²) < 4.78 is 6.31. The Morgan fingerprint density at radius 3 is 2.83 bits per heavy atom. The second-order valence-corrected chi connectivity index (χ2v) is 10.0. The molecule has 192 valence electrons. The monoisotopic (exact) mass is 502 g/mol. The fraction of sp³-hybridized carbons (Fsp3) is 0.536. The zero-order valence-corrected chi connectivity index (χ0v) is 21.9. The van der Waals surface area contributed by atoms with Crippen LogP contribution in [0, 0.1) is 5.92 Å². The van der Waals surface area contributed by atoms with Crippen molar-refractivity contribution in [2.24, 2.45) is 5.92 Å². The highest BCUT2D eigenvalue weighted by molar-refractivity contribution is 6.31. The highest BCUT2D eigenvalue weighted by atomic mass is 35.5. The van der Waals surface area contributed by atoms with Crippen LogP contribution in [0.15, 0.2) is 54.2 Å². The van der Waals surface area contributed by atoms with Gasteiger partial charge in [0.05, 0.1) is 30.8 Å². The summed E-state index contributed by atoms with van der Waals surface area (Å²) in [7, 11) is 2.02. The fourth-order valence-corrected chi connectivity index (χ4v) is 5.34. The molecule has 1 aromatic carbocycles. The summed E-state index contributed by atoms with van der Waals surface area (Å²) in [5.74, 6) is -0.192. The van der Waals surface area contributed by atoms with Crippen LogP contribution in [-0.4, -0.2) is 77.5 Å². The Balaban J connectivity index is 1.75. The number of phenolic OH excluding ortho intramolecular Hbond substituents is 1. The summed E-state index contributed by atoms with van der Waals surface area (Å²) in [5, 5.41) is 20.1. The molecular formula is C28H39ClN2O4. The molecule has 3 atom stereocenters. The summed E-state index contributed by atoms with van der Waals surface area (Å²) in [4.78, 5) is 17.4. The Bertz CT molecular complexity index is 974. The van der Waals surface area contributed by atoms with E-state index < -0.39 is 0 Å². The van der Waals surface area contributed by atoms with Gasteiger partial charge in [0.15, 0.2) is 0 Å². The lowest BCUT2D eigenvalue weighted by molar-refractivity contribution is -0.145. The van der Waals surface area contributed by atoms with E-state index in [1.54, 1.807) is 23.1 Å². The van der Waals surface area contributed by atoms with E-state index in [0.29, 0.717) is 31.1 Å². The van der Waals surface area contributed by atoms with Crippen molar-refractivity contribution in [1.82, 2.24) is 9.80 Å². The van der Waals surface area contributed by atoms with Gasteiger partial charge in [-0.25, -0.2) is 0 Å². The highest BCUT2D eigenvalue weighted by Gasteiger charge is 2.39. The van der Waals surface area contributed by atoms with Crippen molar-refractivity contribution in [3.8, 4) is 5.75 Å². The summed E-state index contributed by atoms with van der Waals surface area (Å²) >= 11 is 6.40. The minimum Gasteiger partial charge on any atom is -0.508 e. The lowest BCUT2D eigenvalue weighted by Gasteiger charge is -2.42. The van der Waals surface area contributed by atoms with Crippen molar-refractivity contribution >= 4 is 17.5 Å². The van der Waals surface area contributed by atoms with Crippen molar-refractivity contribution < 1.29 is 19.7 Å². The molecule has 2 aliphatic heterocycles. The molecule has 2 heterocycles. The smallest absolute Gasteiger partial charge is 0.227 e. The molecular weight excluding hydrogens is 464 g/mol. The van der Waals surface area contributed by atoms with E-state index in [0.717, 1.165) is 36.9 Å². The molecule has 0 spiro atoms. The number of carbonyl (C=O) groups excluding carboxylic acids is 1. The molecule has 0 aliphatic carbocycles. The van der Waals surface area contributed by atoms with E-state index in [1.165, 1.54) is 5.57 Å². The van der Waals surface area contributed by atoms with E-state index >= 15 is 0 Å². The summed E-state index contributed by atoms with van der Waals surface area (Å²) in [6, 6.07) is 4.72. The van der Waals surface area contributed by atoms with E-state index in [2.05, 4.69) is 24.5 Å². The van der Waals surface area contributed by atoms with Crippen molar-refractivity contribution in [3.05, 3.63) is 64.7 Å². The lowest BCUT2D eigenvalue weighted by atomic mass is 9.85. The third kappa shape index (κ3) is 6.18. The molecule has 3 rings (SSSR count). The van der Waals surface area contributed by atoms with Crippen LogP contribution in [0.2, 0.25) is 5.02 Å². The van der Waals surface area contributed by atoms with Gasteiger partial charge < -0.3 is 24.7 Å². The number of nitrogens with zero attached hydrogens (tertiary/aromatic N) is 2. The highest BCUT2D eigenvalue weighted by Crippen LogP contribution is 2.39. The third-order valence-electron chi connectivity index (χ3n) is 7.40. The van der Waals surface area contributed by atoms with Gasteiger partial charge in [-0.15, -0.1) is 0 Å². The molecule has 1 amide bonds. The number of allylic oxidation sites excluding steroid dienone is 1. The molecule has 3 unspecified atom stereocenters. The van der Waals surface area contributed by atoms with Crippen molar-refractivity contribution in [1.29, 1.82) is 0 Å². The number of aromatic hydroxyl groups is 1.